The number of carbonyl (C=O) groups is 2. The highest BCUT2D eigenvalue weighted by atomic mass is 16.5. The van der Waals surface area contributed by atoms with Crippen molar-refractivity contribution < 1.29 is 14.3 Å². The van der Waals surface area contributed by atoms with Gasteiger partial charge in [0.15, 0.2) is 0 Å². The molecule has 3 aromatic carbocycles. The van der Waals surface area contributed by atoms with Gasteiger partial charge in [0.1, 0.15) is 11.4 Å². The fourth-order valence-corrected chi connectivity index (χ4v) is 3.66. The van der Waals surface area contributed by atoms with Gasteiger partial charge in [-0.05, 0) is 67.3 Å². The van der Waals surface area contributed by atoms with Crippen molar-refractivity contribution in [3.63, 3.8) is 0 Å². The van der Waals surface area contributed by atoms with E-state index in [1.54, 1.807) is 31.4 Å². The van der Waals surface area contributed by atoms with E-state index in [0.717, 1.165) is 22.4 Å². The van der Waals surface area contributed by atoms with Crippen LogP contribution in [0.1, 0.15) is 22.3 Å². The number of amides is 2. The van der Waals surface area contributed by atoms with E-state index in [1.807, 2.05) is 63.2 Å². The van der Waals surface area contributed by atoms with E-state index in [-0.39, 0.29) is 11.6 Å². The van der Waals surface area contributed by atoms with Crippen LogP contribution < -0.4 is 15.0 Å². The lowest BCUT2D eigenvalue weighted by Gasteiger charge is -2.16. The molecule has 31 heavy (non-hydrogen) atoms. The zero-order valence-electron chi connectivity index (χ0n) is 18.0. The third-order valence-electron chi connectivity index (χ3n) is 5.48. The van der Waals surface area contributed by atoms with Crippen molar-refractivity contribution in [2.75, 3.05) is 17.3 Å². The Morgan fingerprint density at radius 3 is 2.29 bits per heavy atom. The van der Waals surface area contributed by atoms with E-state index in [4.69, 9.17) is 4.74 Å². The fraction of sp³-hybridized carbons (Fsp3) is 0.154. The van der Waals surface area contributed by atoms with Gasteiger partial charge >= 0.3 is 0 Å². The minimum absolute atomic E-state index is 0.265. The zero-order chi connectivity index (χ0) is 22.1. The average Bonchev–Trinajstić information content (AvgIpc) is 2.99. The number of ether oxygens (including phenoxy) is 1. The van der Waals surface area contributed by atoms with Gasteiger partial charge in [-0.3, -0.25) is 9.59 Å². The lowest BCUT2D eigenvalue weighted by atomic mass is 9.99. The first-order chi connectivity index (χ1) is 14.9. The van der Waals surface area contributed by atoms with Crippen LogP contribution in [-0.4, -0.2) is 18.9 Å². The Bertz CT molecular complexity index is 1230. The molecule has 0 radical (unpaired) electrons. The van der Waals surface area contributed by atoms with Crippen LogP contribution >= 0.6 is 0 Å². The molecule has 0 bridgehead atoms. The summed E-state index contributed by atoms with van der Waals surface area (Å²) < 4.78 is 5.28. The standard InChI is InChI=1S/C26H24N2O3/c1-16-7-5-8-20(13-16)27-24-23(19-12-11-17(2)18(3)14-19)25(29)28(26(24)30)21-9-6-10-22(15-21)31-4/h5-15,27H,1-4H3. The predicted octanol–water partition coefficient (Wildman–Crippen LogP) is 5.02. The maximum atomic E-state index is 13.5. The number of imide groups is 1. The van der Waals surface area contributed by atoms with Gasteiger partial charge in [-0.1, -0.05) is 36.4 Å². The maximum absolute atomic E-state index is 13.5. The quantitative estimate of drug-likeness (QED) is 0.598. The van der Waals surface area contributed by atoms with Crippen molar-refractivity contribution in [3.05, 3.63) is 94.7 Å². The number of hydrogen-bond donors (Lipinski definition) is 1. The zero-order valence-corrected chi connectivity index (χ0v) is 18.0. The lowest BCUT2D eigenvalue weighted by Crippen LogP contribution is -2.32. The third kappa shape index (κ3) is 3.82. The molecular formula is C26H24N2O3. The van der Waals surface area contributed by atoms with Gasteiger partial charge in [0, 0.05) is 11.8 Å². The van der Waals surface area contributed by atoms with Gasteiger partial charge in [-0.25, -0.2) is 4.90 Å². The minimum atomic E-state index is -0.395. The van der Waals surface area contributed by atoms with Crippen LogP contribution in [0.4, 0.5) is 11.4 Å². The molecule has 0 unspecified atom stereocenters. The van der Waals surface area contributed by atoms with E-state index in [9.17, 15) is 9.59 Å². The first kappa shape index (κ1) is 20.4. The van der Waals surface area contributed by atoms with Gasteiger partial charge in [0.05, 0.1) is 18.4 Å². The van der Waals surface area contributed by atoms with Crippen LogP contribution in [0.3, 0.4) is 0 Å². The molecule has 4 rings (SSSR count). The Balaban J connectivity index is 1.85. The largest absolute Gasteiger partial charge is 0.497 e. The van der Waals surface area contributed by atoms with Crippen LogP contribution in [-0.2, 0) is 9.59 Å². The summed E-state index contributed by atoms with van der Waals surface area (Å²) in [7, 11) is 1.55. The van der Waals surface area contributed by atoms with Crippen molar-refractivity contribution in [1.29, 1.82) is 0 Å². The Kier molecular flexibility index (Phi) is 5.34. The first-order valence-electron chi connectivity index (χ1n) is 10.1. The molecule has 0 spiro atoms. The van der Waals surface area contributed by atoms with Crippen molar-refractivity contribution in [2.45, 2.75) is 20.8 Å². The van der Waals surface area contributed by atoms with Gasteiger partial charge in [-0.15, -0.1) is 0 Å². The Morgan fingerprint density at radius 1 is 0.806 bits per heavy atom. The normalized spacial score (nSPS) is 13.7. The number of aryl methyl sites for hydroxylation is 3. The maximum Gasteiger partial charge on any atom is 0.282 e. The van der Waals surface area contributed by atoms with Crippen LogP contribution in [0.2, 0.25) is 0 Å². The van der Waals surface area contributed by atoms with Crippen LogP contribution in [0, 0.1) is 20.8 Å². The molecule has 0 atom stereocenters. The molecule has 1 aliphatic rings. The molecule has 2 amide bonds. The molecule has 0 aromatic heterocycles. The van der Waals surface area contributed by atoms with Gasteiger partial charge in [0.2, 0.25) is 0 Å². The summed E-state index contributed by atoms with van der Waals surface area (Å²) in [6.07, 6.45) is 0. The van der Waals surface area contributed by atoms with Crippen molar-refractivity contribution in [3.8, 4) is 5.75 Å². The van der Waals surface area contributed by atoms with E-state index in [0.29, 0.717) is 22.6 Å². The van der Waals surface area contributed by atoms with E-state index < -0.39 is 5.91 Å². The number of hydrogen-bond acceptors (Lipinski definition) is 4. The molecule has 156 valence electrons. The number of rotatable bonds is 5. The molecule has 1 aliphatic heterocycles. The molecule has 0 saturated heterocycles. The van der Waals surface area contributed by atoms with Crippen LogP contribution in [0.5, 0.6) is 5.75 Å². The number of benzene rings is 3. The lowest BCUT2D eigenvalue weighted by molar-refractivity contribution is -0.120. The summed E-state index contributed by atoms with van der Waals surface area (Å²) >= 11 is 0. The summed E-state index contributed by atoms with van der Waals surface area (Å²) in [6.45, 7) is 5.99. The summed E-state index contributed by atoms with van der Waals surface area (Å²) in [6, 6.07) is 20.5. The second kappa shape index (κ2) is 8.11. The second-order valence-corrected chi connectivity index (χ2v) is 7.69. The van der Waals surface area contributed by atoms with Gasteiger partial charge < -0.3 is 10.1 Å². The number of anilines is 2. The predicted molar refractivity (Wildman–Crippen MR) is 123 cm³/mol. The molecule has 0 aliphatic carbocycles. The topological polar surface area (TPSA) is 58.6 Å². The number of carbonyl (C=O) groups excluding carboxylic acids is 2. The van der Waals surface area contributed by atoms with Crippen molar-refractivity contribution in [2.24, 2.45) is 0 Å². The summed E-state index contributed by atoms with van der Waals surface area (Å²) in [4.78, 5) is 28.2. The highest BCUT2D eigenvalue weighted by Crippen LogP contribution is 2.35. The highest BCUT2D eigenvalue weighted by Gasteiger charge is 2.40. The summed E-state index contributed by atoms with van der Waals surface area (Å²) in [5.41, 5.74) is 5.79. The van der Waals surface area contributed by atoms with Gasteiger partial charge in [0.25, 0.3) is 11.8 Å². The van der Waals surface area contributed by atoms with Gasteiger partial charge in [-0.2, -0.15) is 0 Å². The molecule has 5 nitrogen and oxygen atoms in total. The smallest absolute Gasteiger partial charge is 0.282 e. The average molecular weight is 412 g/mol. The Labute approximate surface area is 182 Å². The minimum Gasteiger partial charge on any atom is -0.497 e. The molecule has 1 heterocycles. The monoisotopic (exact) mass is 412 g/mol. The van der Waals surface area contributed by atoms with Crippen LogP contribution in [0.25, 0.3) is 5.57 Å². The number of nitrogens with one attached hydrogen (secondary N) is 1. The Hall–Kier alpha value is -3.86. The molecule has 3 aromatic rings. The van der Waals surface area contributed by atoms with Crippen molar-refractivity contribution in [1.82, 2.24) is 0 Å². The number of nitrogens with zero attached hydrogens (tertiary/aromatic N) is 1. The number of methoxy groups -OCH3 is 1. The molecule has 1 N–H and O–H groups in total. The van der Waals surface area contributed by atoms with Crippen molar-refractivity contribution >= 4 is 28.8 Å². The van der Waals surface area contributed by atoms with E-state index in [2.05, 4.69) is 5.32 Å². The fourth-order valence-electron chi connectivity index (χ4n) is 3.66. The second-order valence-electron chi connectivity index (χ2n) is 7.69. The molecular weight excluding hydrogens is 388 g/mol. The van der Waals surface area contributed by atoms with Crippen LogP contribution in [0.15, 0.2) is 72.4 Å². The molecule has 5 heteroatoms. The Morgan fingerprint density at radius 2 is 1.58 bits per heavy atom. The van der Waals surface area contributed by atoms with E-state index in [1.165, 1.54) is 4.90 Å². The SMILES string of the molecule is COc1cccc(N2C(=O)C(Nc3cccc(C)c3)=C(c3ccc(C)c(C)c3)C2=O)c1. The summed E-state index contributed by atoms with van der Waals surface area (Å²) in [5.74, 6) is -0.185. The molecule has 0 fully saturated rings. The first-order valence-corrected chi connectivity index (χ1v) is 10.1. The highest BCUT2D eigenvalue weighted by molar-refractivity contribution is 6.46. The third-order valence-corrected chi connectivity index (χ3v) is 5.48. The van der Waals surface area contributed by atoms with E-state index >= 15 is 0 Å². The summed E-state index contributed by atoms with van der Waals surface area (Å²) in [5, 5.41) is 3.21. The molecule has 0 saturated carbocycles.